The fourth-order valence-electron chi connectivity index (χ4n) is 2.56. The molecule has 124 valence electrons. The maximum absolute atomic E-state index is 5.85. The highest BCUT2D eigenvalue weighted by Crippen LogP contribution is 2.26. The van der Waals surface area contributed by atoms with Gasteiger partial charge < -0.3 is 14.8 Å². The van der Waals surface area contributed by atoms with Gasteiger partial charge in [-0.25, -0.2) is 4.98 Å². The van der Waals surface area contributed by atoms with Gasteiger partial charge in [0.2, 0.25) is 5.88 Å². The number of nitrogens with zero attached hydrogens (tertiary/aromatic N) is 1. The second kappa shape index (κ2) is 8.31. The van der Waals surface area contributed by atoms with Crippen LogP contribution in [0, 0.1) is 0 Å². The molecule has 0 bridgehead atoms. The summed E-state index contributed by atoms with van der Waals surface area (Å²) in [6, 6.07) is 18.3. The van der Waals surface area contributed by atoms with Crippen molar-refractivity contribution < 1.29 is 9.47 Å². The summed E-state index contributed by atoms with van der Waals surface area (Å²) < 4.78 is 11.1. The number of methoxy groups -OCH3 is 1. The standard InChI is InChI=1S/C20H22N2O2/c1-23-18-8-9-19-17(14-18)10-12-22-20(19)24-13-5-11-21-15-16-6-3-2-4-7-16/h2-4,6-10,12,14,21H,5,11,13,15H2,1H3. The van der Waals surface area contributed by atoms with Crippen LogP contribution in [0.25, 0.3) is 10.8 Å². The van der Waals surface area contributed by atoms with E-state index < -0.39 is 0 Å². The molecule has 0 spiro atoms. The van der Waals surface area contributed by atoms with Crippen LogP contribution >= 0.6 is 0 Å². The Labute approximate surface area is 142 Å². The van der Waals surface area contributed by atoms with Crippen molar-refractivity contribution in [1.29, 1.82) is 0 Å². The van der Waals surface area contributed by atoms with Gasteiger partial charge in [-0.3, -0.25) is 0 Å². The quantitative estimate of drug-likeness (QED) is 0.641. The largest absolute Gasteiger partial charge is 0.497 e. The summed E-state index contributed by atoms with van der Waals surface area (Å²) in [4.78, 5) is 4.34. The van der Waals surface area contributed by atoms with Crippen molar-refractivity contribution >= 4 is 10.8 Å². The third-order valence-electron chi connectivity index (χ3n) is 3.84. The van der Waals surface area contributed by atoms with Gasteiger partial charge in [-0.15, -0.1) is 0 Å². The number of ether oxygens (including phenoxy) is 2. The van der Waals surface area contributed by atoms with E-state index in [1.54, 1.807) is 13.3 Å². The Balaban J connectivity index is 1.47. The minimum atomic E-state index is 0.639. The Hall–Kier alpha value is -2.59. The van der Waals surface area contributed by atoms with Crippen molar-refractivity contribution in [2.24, 2.45) is 0 Å². The van der Waals surface area contributed by atoms with Gasteiger partial charge in [0, 0.05) is 18.1 Å². The highest BCUT2D eigenvalue weighted by molar-refractivity contribution is 5.87. The van der Waals surface area contributed by atoms with Crippen molar-refractivity contribution in [3.8, 4) is 11.6 Å². The zero-order chi connectivity index (χ0) is 16.6. The highest BCUT2D eigenvalue weighted by Gasteiger charge is 2.04. The van der Waals surface area contributed by atoms with E-state index in [9.17, 15) is 0 Å². The lowest BCUT2D eigenvalue weighted by atomic mass is 10.1. The lowest BCUT2D eigenvalue weighted by Gasteiger charge is -2.09. The average Bonchev–Trinajstić information content (AvgIpc) is 2.65. The van der Waals surface area contributed by atoms with Gasteiger partial charge in [0.15, 0.2) is 0 Å². The summed E-state index contributed by atoms with van der Waals surface area (Å²) in [5.41, 5.74) is 1.29. The van der Waals surface area contributed by atoms with Crippen LogP contribution < -0.4 is 14.8 Å². The van der Waals surface area contributed by atoms with Gasteiger partial charge in [0.1, 0.15) is 5.75 Å². The molecule has 1 aromatic heterocycles. The lowest BCUT2D eigenvalue weighted by Crippen LogP contribution is -2.17. The molecule has 2 aromatic carbocycles. The molecule has 1 N–H and O–H groups in total. The molecule has 24 heavy (non-hydrogen) atoms. The average molecular weight is 322 g/mol. The van der Waals surface area contributed by atoms with Gasteiger partial charge in [-0.05, 0) is 48.2 Å². The monoisotopic (exact) mass is 322 g/mol. The fourth-order valence-corrected chi connectivity index (χ4v) is 2.56. The molecule has 3 aromatic rings. The van der Waals surface area contributed by atoms with Gasteiger partial charge in [0.25, 0.3) is 0 Å². The molecule has 0 unspecified atom stereocenters. The predicted octanol–water partition coefficient (Wildman–Crippen LogP) is 3.80. The minimum absolute atomic E-state index is 0.639. The number of hydrogen-bond donors (Lipinski definition) is 1. The number of benzene rings is 2. The second-order valence-electron chi connectivity index (χ2n) is 5.57. The van der Waals surface area contributed by atoms with Gasteiger partial charge in [0.05, 0.1) is 13.7 Å². The molecule has 0 saturated carbocycles. The SMILES string of the molecule is COc1ccc2c(OCCCNCc3ccccc3)nccc2c1. The van der Waals surface area contributed by atoms with Gasteiger partial charge >= 0.3 is 0 Å². The molecule has 0 amide bonds. The van der Waals surface area contributed by atoms with Crippen LogP contribution in [-0.4, -0.2) is 25.2 Å². The molecule has 0 aliphatic rings. The summed E-state index contributed by atoms with van der Waals surface area (Å²) in [5.74, 6) is 1.52. The van der Waals surface area contributed by atoms with Crippen LogP contribution in [0.2, 0.25) is 0 Å². The zero-order valence-electron chi connectivity index (χ0n) is 13.9. The van der Waals surface area contributed by atoms with E-state index in [-0.39, 0.29) is 0 Å². The molecule has 0 fully saturated rings. The number of pyridine rings is 1. The van der Waals surface area contributed by atoms with E-state index in [2.05, 4.69) is 34.6 Å². The molecule has 0 radical (unpaired) electrons. The van der Waals surface area contributed by atoms with Crippen LogP contribution in [0.15, 0.2) is 60.8 Å². The highest BCUT2D eigenvalue weighted by atomic mass is 16.5. The lowest BCUT2D eigenvalue weighted by molar-refractivity contribution is 0.300. The predicted molar refractivity (Wildman–Crippen MR) is 96.6 cm³/mol. The Morgan fingerprint density at radius 1 is 1.04 bits per heavy atom. The Kier molecular flexibility index (Phi) is 5.64. The van der Waals surface area contributed by atoms with E-state index >= 15 is 0 Å². The van der Waals surface area contributed by atoms with Crippen LogP contribution in [-0.2, 0) is 6.54 Å². The first kappa shape index (κ1) is 16.3. The van der Waals surface area contributed by atoms with Gasteiger partial charge in [-0.1, -0.05) is 30.3 Å². The van der Waals surface area contributed by atoms with Crippen molar-refractivity contribution in [2.75, 3.05) is 20.3 Å². The Morgan fingerprint density at radius 3 is 2.75 bits per heavy atom. The maximum atomic E-state index is 5.85. The summed E-state index contributed by atoms with van der Waals surface area (Å²) in [7, 11) is 1.67. The van der Waals surface area contributed by atoms with Crippen molar-refractivity contribution in [3.05, 3.63) is 66.4 Å². The summed E-state index contributed by atoms with van der Waals surface area (Å²) in [6.45, 7) is 2.43. The molecule has 0 aliphatic carbocycles. The third kappa shape index (κ3) is 4.24. The normalized spacial score (nSPS) is 10.7. The molecule has 4 nitrogen and oxygen atoms in total. The van der Waals surface area contributed by atoms with Crippen molar-refractivity contribution in [3.63, 3.8) is 0 Å². The summed E-state index contributed by atoms with van der Waals surface area (Å²) >= 11 is 0. The minimum Gasteiger partial charge on any atom is -0.497 e. The molecular formula is C20H22N2O2. The molecule has 1 heterocycles. The number of rotatable bonds is 8. The summed E-state index contributed by atoms with van der Waals surface area (Å²) in [6.07, 6.45) is 2.70. The van der Waals surface area contributed by atoms with E-state index in [0.717, 1.165) is 36.0 Å². The molecule has 3 rings (SSSR count). The molecule has 0 aliphatic heterocycles. The van der Waals surface area contributed by atoms with Crippen molar-refractivity contribution in [2.45, 2.75) is 13.0 Å². The van der Waals surface area contributed by atoms with Crippen LogP contribution in [0.1, 0.15) is 12.0 Å². The fraction of sp³-hybridized carbons (Fsp3) is 0.250. The molecule has 0 atom stereocenters. The molecule has 4 heteroatoms. The number of aromatic nitrogens is 1. The first-order valence-corrected chi connectivity index (χ1v) is 8.17. The zero-order valence-corrected chi connectivity index (χ0v) is 13.9. The van der Waals surface area contributed by atoms with Crippen LogP contribution in [0.3, 0.4) is 0 Å². The third-order valence-corrected chi connectivity index (χ3v) is 3.84. The summed E-state index contributed by atoms with van der Waals surface area (Å²) in [5, 5.41) is 5.50. The van der Waals surface area contributed by atoms with E-state index in [4.69, 9.17) is 9.47 Å². The number of hydrogen-bond acceptors (Lipinski definition) is 4. The smallest absolute Gasteiger partial charge is 0.221 e. The molecular weight excluding hydrogens is 300 g/mol. The number of fused-ring (bicyclic) bond motifs is 1. The van der Waals surface area contributed by atoms with E-state index in [1.165, 1.54) is 5.56 Å². The van der Waals surface area contributed by atoms with Crippen molar-refractivity contribution in [1.82, 2.24) is 10.3 Å². The number of nitrogens with one attached hydrogen (secondary N) is 1. The first-order chi connectivity index (χ1) is 11.9. The van der Waals surface area contributed by atoms with E-state index in [0.29, 0.717) is 12.5 Å². The second-order valence-corrected chi connectivity index (χ2v) is 5.57. The van der Waals surface area contributed by atoms with Crippen LogP contribution in [0.5, 0.6) is 11.6 Å². The molecule has 0 saturated heterocycles. The Bertz CT molecular complexity index is 775. The topological polar surface area (TPSA) is 43.4 Å². The first-order valence-electron chi connectivity index (χ1n) is 8.17. The van der Waals surface area contributed by atoms with Gasteiger partial charge in [-0.2, -0.15) is 0 Å². The van der Waals surface area contributed by atoms with E-state index in [1.807, 2.05) is 30.3 Å². The maximum Gasteiger partial charge on any atom is 0.221 e. The Morgan fingerprint density at radius 2 is 1.92 bits per heavy atom. The van der Waals surface area contributed by atoms with Crippen LogP contribution in [0.4, 0.5) is 0 Å².